The zero-order valence-electron chi connectivity index (χ0n) is 12.8. The van der Waals surface area contributed by atoms with E-state index in [0.717, 1.165) is 31.6 Å². The first-order valence-corrected chi connectivity index (χ1v) is 8.92. The number of benzene rings is 2. The first-order valence-electron chi connectivity index (χ1n) is 7.77. The molecule has 0 bridgehead atoms. The van der Waals surface area contributed by atoms with E-state index >= 15 is 0 Å². The second kappa shape index (κ2) is 10.1. The summed E-state index contributed by atoms with van der Waals surface area (Å²) in [6.07, 6.45) is 3.23. The number of hydrogen-bond donors (Lipinski definition) is 1. The Balaban J connectivity index is 1.49. The van der Waals surface area contributed by atoms with Gasteiger partial charge in [0.25, 0.3) is 0 Å². The molecule has 2 aromatic carbocycles. The first kappa shape index (κ1) is 16.6. The molecular formula is C19H23NOS. The van der Waals surface area contributed by atoms with Crippen LogP contribution in [-0.4, -0.2) is 18.2 Å². The number of unbranched alkanes of at least 4 members (excludes halogenated alkanes) is 1. The molecule has 0 saturated heterocycles. The highest BCUT2D eigenvalue weighted by Crippen LogP contribution is 2.11. The van der Waals surface area contributed by atoms with E-state index in [-0.39, 0.29) is 5.91 Å². The summed E-state index contributed by atoms with van der Waals surface area (Å²) in [7, 11) is 0. The minimum absolute atomic E-state index is 0.139. The van der Waals surface area contributed by atoms with Crippen molar-refractivity contribution in [2.75, 3.05) is 12.3 Å². The molecule has 0 spiro atoms. The van der Waals surface area contributed by atoms with Crippen LogP contribution in [0.3, 0.4) is 0 Å². The molecule has 116 valence electrons. The lowest BCUT2D eigenvalue weighted by atomic mass is 10.1. The molecule has 1 N–H and O–H groups in total. The lowest BCUT2D eigenvalue weighted by molar-refractivity contribution is -0.118. The maximum Gasteiger partial charge on any atom is 0.230 e. The van der Waals surface area contributed by atoms with E-state index in [0.29, 0.717) is 5.75 Å². The summed E-state index contributed by atoms with van der Waals surface area (Å²) < 4.78 is 0. The highest BCUT2D eigenvalue weighted by atomic mass is 32.2. The molecule has 2 rings (SSSR count). The van der Waals surface area contributed by atoms with Gasteiger partial charge in [0.2, 0.25) is 5.91 Å². The number of thioether (sulfide) groups is 1. The smallest absolute Gasteiger partial charge is 0.230 e. The molecule has 0 unspecified atom stereocenters. The van der Waals surface area contributed by atoms with Gasteiger partial charge < -0.3 is 5.32 Å². The van der Waals surface area contributed by atoms with Crippen LogP contribution in [0.4, 0.5) is 0 Å². The van der Waals surface area contributed by atoms with Crippen molar-refractivity contribution in [3.8, 4) is 0 Å². The number of carbonyl (C=O) groups excluding carboxylic acids is 1. The van der Waals surface area contributed by atoms with E-state index in [4.69, 9.17) is 0 Å². The predicted molar refractivity (Wildman–Crippen MR) is 95.0 cm³/mol. The maximum atomic E-state index is 11.7. The van der Waals surface area contributed by atoms with Crippen molar-refractivity contribution < 1.29 is 4.79 Å². The van der Waals surface area contributed by atoms with Crippen molar-refractivity contribution in [3.63, 3.8) is 0 Å². The summed E-state index contributed by atoms with van der Waals surface area (Å²) in [6, 6.07) is 20.7. The number of aryl methyl sites for hydroxylation is 1. The van der Waals surface area contributed by atoms with Crippen molar-refractivity contribution in [2.24, 2.45) is 0 Å². The number of rotatable bonds is 9. The van der Waals surface area contributed by atoms with Crippen molar-refractivity contribution >= 4 is 17.7 Å². The van der Waals surface area contributed by atoms with Gasteiger partial charge >= 0.3 is 0 Å². The second-order valence-corrected chi connectivity index (χ2v) is 6.26. The average molecular weight is 313 g/mol. The van der Waals surface area contributed by atoms with Gasteiger partial charge in [-0.2, -0.15) is 0 Å². The van der Waals surface area contributed by atoms with Gasteiger partial charge in [0, 0.05) is 12.3 Å². The van der Waals surface area contributed by atoms with Gasteiger partial charge in [0.15, 0.2) is 0 Å². The Kier molecular flexibility index (Phi) is 7.61. The van der Waals surface area contributed by atoms with Crippen LogP contribution in [-0.2, 0) is 17.0 Å². The summed E-state index contributed by atoms with van der Waals surface area (Å²) in [5, 5.41) is 3.00. The fraction of sp³-hybridized carbons (Fsp3) is 0.316. The van der Waals surface area contributed by atoms with Crippen LogP contribution in [0.1, 0.15) is 24.0 Å². The molecule has 0 aromatic heterocycles. The topological polar surface area (TPSA) is 29.1 Å². The zero-order valence-corrected chi connectivity index (χ0v) is 13.6. The summed E-state index contributed by atoms with van der Waals surface area (Å²) in [5.41, 5.74) is 2.63. The van der Waals surface area contributed by atoms with E-state index in [9.17, 15) is 4.79 Å². The van der Waals surface area contributed by atoms with Crippen LogP contribution >= 0.6 is 11.8 Å². The van der Waals surface area contributed by atoms with Crippen molar-refractivity contribution in [1.82, 2.24) is 5.32 Å². The molecule has 2 aromatic rings. The highest BCUT2D eigenvalue weighted by Gasteiger charge is 2.01. The SMILES string of the molecule is O=C(CSCc1ccccc1)NCCCCc1ccccc1. The molecule has 1 amide bonds. The number of carbonyl (C=O) groups is 1. The molecule has 0 fully saturated rings. The minimum atomic E-state index is 0.139. The molecular weight excluding hydrogens is 290 g/mol. The Morgan fingerprint density at radius 2 is 1.50 bits per heavy atom. The predicted octanol–water partition coefficient (Wildman–Crippen LogP) is 4.06. The summed E-state index contributed by atoms with van der Waals surface area (Å²) >= 11 is 1.66. The Hall–Kier alpha value is -1.74. The maximum absolute atomic E-state index is 11.7. The molecule has 2 nitrogen and oxygen atoms in total. The van der Waals surface area contributed by atoms with Crippen LogP contribution in [0, 0.1) is 0 Å². The van der Waals surface area contributed by atoms with E-state index in [2.05, 4.69) is 41.7 Å². The third-order valence-corrected chi connectivity index (χ3v) is 4.41. The van der Waals surface area contributed by atoms with Gasteiger partial charge in [-0.15, -0.1) is 11.8 Å². The third kappa shape index (κ3) is 6.81. The Labute approximate surface area is 137 Å². The lowest BCUT2D eigenvalue weighted by Crippen LogP contribution is -2.26. The Morgan fingerprint density at radius 1 is 0.864 bits per heavy atom. The molecule has 0 atom stereocenters. The van der Waals surface area contributed by atoms with Crippen molar-refractivity contribution in [1.29, 1.82) is 0 Å². The van der Waals surface area contributed by atoms with Crippen molar-refractivity contribution in [3.05, 3.63) is 71.8 Å². The van der Waals surface area contributed by atoms with Crippen molar-refractivity contribution in [2.45, 2.75) is 25.0 Å². The van der Waals surface area contributed by atoms with Gasteiger partial charge in [-0.1, -0.05) is 60.7 Å². The normalized spacial score (nSPS) is 10.4. The second-order valence-electron chi connectivity index (χ2n) is 5.27. The van der Waals surface area contributed by atoms with Gasteiger partial charge in [-0.3, -0.25) is 4.79 Å². The quantitative estimate of drug-likeness (QED) is 0.707. The number of hydrogen-bond acceptors (Lipinski definition) is 2. The molecule has 0 aliphatic carbocycles. The Bertz CT molecular complexity index is 542. The van der Waals surface area contributed by atoms with Crippen LogP contribution in [0.25, 0.3) is 0 Å². The monoisotopic (exact) mass is 313 g/mol. The van der Waals surface area contributed by atoms with Crippen LogP contribution in [0.5, 0.6) is 0 Å². The average Bonchev–Trinajstić information content (AvgIpc) is 2.56. The first-order chi connectivity index (χ1) is 10.8. The fourth-order valence-corrected chi connectivity index (χ4v) is 3.03. The van der Waals surface area contributed by atoms with Gasteiger partial charge in [-0.25, -0.2) is 0 Å². The molecule has 0 aliphatic heterocycles. The highest BCUT2D eigenvalue weighted by molar-refractivity contribution is 7.99. The minimum Gasteiger partial charge on any atom is -0.355 e. The summed E-state index contributed by atoms with van der Waals surface area (Å²) in [6.45, 7) is 0.775. The van der Waals surface area contributed by atoms with Crippen LogP contribution < -0.4 is 5.32 Å². The lowest BCUT2D eigenvalue weighted by Gasteiger charge is -2.05. The molecule has 0 aliphatic rings. The third-order valence-electron chi connectivity index (χ3n) is 3.40. The molecule has 22 heavy (non-hydrogen) atoms. The van der Waals surface area contributed by atoms with Gasteiger partial charge in [0.1, 0.15) is 0 Å². The van der Waals surface area contributed by atoms with E-state index in [1.807, 2.05) is 24.3 Å². The van der Waals surface area contributed by atoms with Gasteiger partial charge in [-0.05, 0) is 30.4 Å². The van der Waals surface area contributed by atoms with E-state index in [1.165, 1.54) is 11.1 Å². The summed E-state index contributed by atoms with van der Waals surface area (Å²) in [5.74, 6) is 1.57. The fourth-order valence-electron chi connectivity index (χ4n) is 2.21. The standard InChI is InChI=1S/C19H23NOS/c21-19(16-22-15-18-12-5-2-6-13-18)20-14-8-7-11-17-9-3-1-4-10-17/h1-6,9-10,12-13H,7-8,11,14-16H2,(H,20,21). The molecule has 0 saturated carbocycles. The number of amides is 1. The summed E-state index contributed by atoms with van der Waals surface area (Å²) in [4.78, 5) is 11.7. The molecule has 0 radical (unpaired) electrons. The largest absolute Gasteiger partial charge is 0.355 e. The zero-order chi connectivity index (χ0) is 15.5. The van der Waals surface area contributed by atoms with Gasteiger partial charge in [0.05, 0.1) is 5.75 Å². The van der Waals surface area contributed by atoms with Crippen LogP contribution in [0.15, 0.2) is 60.7 Å². The van der Waals surface area contributed by atoms with E-state index in [1.54, 1.807) is 11.8 Å². The number of nitrogens with one attached hydrogen (secondary N) is 1. The van der Waals surface area contributed by atoms with Crippen LogP contribution in [0.2, 0.25) is 0 Å². The van der Waals surface area contributed by atoms with E-state index < -0.39 is 0 Å². The Morgan fingerprint density at radius 3 is 2.18 bits per heavy atom. The molecule has 3 heteroatoms. The molecule has 0 heterocycles.